The number of nitrogens with one attached hydrogen (secondary N) is 2. The van der Waals surface area contributed by atoms with Crippen LogP contribution >= 0.6 is 11.6 Å². The zero-order valence-corrected chi connectivity index (χ0v) is 23.3. The van der Waals surface area contributed by atoms with Crippen LogP contribution in [0.25, 0.3) is 0 Å². The number of hydrogen-bond donors (Lipinski definition) is 2. The average Bonchev–Trinajstić information content (AvgIpc) is 2.90. The van der Waals surface area contributed by atoms with Gasteiger partial charge < -0.3 is 9.64 Å². The number of aryl methyl sites for hydroxylation is 1. The number of amides is 1. The van der Waals surface area contributed by atoms with Gasteiger partial charge >= 0.3 is 0 Å². The van der Waals surface area contributed by atoms with Crippen LogP contribution in [0.1, 0.15) is 35.2 Å². The fourth-order valence-electron chi connectivity index (χ4n) is 4.08. The molecule has 38 heavy (non-hydrogen) atoms. The largest absolute Gasteiger partial charge is 0.496 e. The highest BCUT2D eigenvalue weighted by Crippen LogP contribution is 2.27. The van der Waals surface area contributed by atoms with E-state index in [0.29, 0.717) is 23.8 Å². The summed E-state index contributed by atoms with van der Waals surface area (Å²) < 4.78 is 62.0. The summed E-state index contributed by atoms with van der Waals surface area (Å²) in [4.78, 5) is 14.6. The van der Waals surface area contributed by atoms with E-state index in [-0.39, 0.29) is 32.7 Å². The Balaban J connectivity index is 1.53. The molecule has 1 aliphatic rings. The Bertz CT molecular complexity index is 1550. The number of rotatable bonds is 8. The van der Waals surface area contributed by atoms with E-state index in [4.69, 9.17) is 16.3 Å². The fourth-order valence-corrected chi connectivity index (χ4v) is 6.39. The van der Waals surface area contributed by atoms with Crippen molar-refractivity contribution in [1.29, 1.82) is 0 Å². The highest BCUT2D eigenvalue weighted by molar-refractivity contribution is 7.93. The minimum atomic E-state index is -4.09. The maximum atomic E-state index is 13.1. The van der Waals surface area contributed by atoms with E-state index >= 15 is 0 Å². The number of sulfonamides is 2. The lowest BCUT2D eigenvalue weighted by Crippen LogP contribution is -2.35. The van der Waals surface area contributed by atoms with Crippen molar-refractivity contribution in [1.82, 2.24) is 4.90 Å². The van der Waals surface area contributed by atoms with Gasteiger partial charge in [0.25, 0.3) is 26.0 Å². The lowest BCUT2D eigenvalue weighted by Gasteiger charge is -2.27. The van der Waals surface area contributed by atoms with Gasteiger partial charge in [0.1, 0.15) is 5.75 Å². The van der Waals surface area contributed by atoms with Crippen molar-refractivity contribution >= 4 is 48.9 Å². The van der Waals surface area contributed by atoms with Crippen LogP contribution < -0.4 is 14.2 Å². The number of nitrogens with zero attached hydrogens (tertiary/aromatic N) is 1. The number of carbonyl (C=O) groups excluding carboxylic acids is 1. The number of likely N-dealkylation sites (tertiary alicyclic amines) is 1. The van der Waals surface area contributed by atoms with Crippen molar-refractivity contribution in [2.75, 3.05) is 29.6 Å². The van der Waals surface area contributed by atoms with Crippen LogP contribution in [0, 0.1) is 6.92 Å². The lowest BCUT2D eigenvalue weighted by molar-refractivity contribution is 0.0720. The van der Waals surface area contributed by atoms with Crippen LogP contribution in [-0.4, -0.2) is 47.8 Å². The first-order valence-electron chi connectivity index (χ1n) is 11.9. The fraction of sp³-hybridized carbons (Fsp3) is 0.269. The summed E-state index contributed by atoms with van der Waals surface area (Å²) in [5.74, 6) is 0.00645. The first kappa shape index (κ1) is 27.7. The molecule has 0 aliphatic carbocycles. The molecule has 0 bridgehead atoms. The number of benzene rings is 3. The predicted octanol–water partition coefficient (Wildman–Crippen LogP) is 4.88. The molecule has 0 radical (unpaired) electrons. The molecule has 3 aromatic rings. The second-order valence-corrected chi connectivity index (χ2v) is 12.7. The molecule has 1 amide bonds. The Morgan fingerprint density at radius 2 is 1.39 bits per heavy atom. The highest BCUT2D eigenvalue weighted by atomic mass is 35.5. The number of piperidine rings is 1. The normalized spacial score (nSPS) is 14.1. The topological polar surface area (TPSA) is 122 Å². The molecule has 9 nitrogen and oxygen atoms in total. The third-order valence-electron chi connectivity index (χ3n) is 6.20. The summed E-state index contributed by atoms with van der Waals surface area (Å²) in [6.45, 7) is 3.02. The number of hydrogen-bond acceptors (Lipinski definition) is 6. The molecule has 0 atom stereocenters. The van der Waals surface area contributed by atoms with Crippen LogP contribution in [-0.2, 0) is 20.0 Å². The van der Waals surface area contributed by atoms with E-state index in [1.807, 2.05) is 0 Å². The second-order valence-electron chi connectivity index (χ2n) is 8.91. The van der Waals surface area contributed by atoms with Gasteiger partial charge in [-0.25, -0.2) is 16.8 Å². The standard InChI is InChI=1S/C26H28ClN3O6S2/c1-18-6-7-20(16-24(18)27)29-37(32,33)21-10-8-19(9-11-21)28-38(34,35)22-12-13-25(36-2)23(17-22)26(31)30-14-4-3-5-15-30/h6-13,16-17,28-29H,3-5,14-15H2,1-2H3. The third kappa shape index (κ3) is 6.23. The van der Waals surface area contributed by atoms with Crippen LogP contribution in [0.3, 0.4) is 0 Å². The molecule has 1 fully saturated rings. The number of ether oxygens (including phenoxy) is 1. The molecule has 0 unspecified atom stereocenters. The molecule has 0 aromatic heterocycles. The third-order valence-corrected chi connectivity index (χ3v) is 9.38. The van der Waals surface area contributed by atoms with Crippen molar-refractivity contribution in [2.24, 2.45) is 0 Å². The Kier molecular flexibility index (Phi) is 8.19. The Hall–Kier alpha value is -3.28. The molecule has 12 heteroatoms. The zero-order valence-electron chi connectivity index (χ0n) is 20.9. The quantitative estimate of drug-likeness (QED) is 0.393. The molecule has 4 rings (SSSR count). The van der Waals surface area contributed by atoms with E-state index in [1.54, 1.807) is 24.0 Å². The van der Waals surface area contributed by atoms with Crippen LogP contribution in [0.2, 0.25) is 5.02 Å². The molecule has 0 spiro atoms. The Morgan fingerprint density at radius 1 is 0.816 bits per heavy atom. The molecular weight excluding hydrogens is 550 g/mol. The summed E-state index contributed by atoms with van der Waals surface area (Å²) in [6.07, 6.45) is 2.84. The molecule has 1 heterocycles. The second kappa shape index (κ2) is 11.2. The summed E-state index contributed by atoms with van der Waals surface area (Å²) in [5, 5.41) is 0.425. The van der Waals surface area contributed by atoms with Gasteiger partial charge in [-0.05, 0) is 86.3 Å². The molecule has 1 saturated heterocycles. The van der Waals surface area contributed by atoms with E-state index < -0.39 is 20.0 Å². The number of carbonyl (C=O) groups is 1. The first-order valence-corrected chi connectivity index (χ1v) is 15.2. The Morgan fingerprint density at radius 3 is 2.03 bits per heavy atom. The number of anilines is 2. The SMILES string of the molecule is COc1ccc(S(=O)(=O)Nc2ccc(S(=O)(=O)Nc3ccc(C)c(Cl)c3)cc2)cc1C(=O)N1CCCCC1. The first-order chi connectivity index (χ1) is 18.0. The maximum absolute atomic E-state index is 13.1. The average molecular weight is 578 g/mol. The number of methoxy groups -OCH3 is 1. The smallest absolute Gasteiger partial charge is 0.261 e. The van der Waals surface area contributed by atoms with Crippen molar-refractivity contribution in [3.8, 4) is 5.75 Å². The van der Waals surface area contributed by atoms with Crippen LogP contribution in [0.15, 0.2) is 70.5 Å². The summed E-state index contributed by atoms with van der Waals surface area (Å²) in [7, 11) is -6.59. The van der Waals surface area contributed by atoms with Gasteiger partial charge in [0.05, 0.1) is 28.2 Å². The van der Waals surface area contributed by atoms with Gasteiger partial charge in [-0.2, -0.15) is 0 Å². The van der Waals surface area contributed by atoms with Gasteiger partial charge in [0.2, 0.25) is 0 Å². The number of halogens is 1. The lowest BCUT2D eigenvalue weighted by atomic mass is 10.1. The predicted molar refractivity (Wildman–Crippen MR) is 147 cm³/mol. The molecule has 202 valence electrons. The van der Waals surface area contributed by atoms with Crippen molar-refractivity contribution in [2.45, 2.75) is 36.0 Å². The summed E-state index contributed by atoms with van der Waals surface area (Å²) in [5.41, 5.74) is 1.44. The maximum Gasteiger partial charge on any atom is 0.261 e. The zero-order chi connectivity index (χ0) is 27.5. The minimum absolute atomic E-state index is 0.0593. The van der Waals surface area contributed by atoms with Gasteiger partial charge in [-0.3, -0.25) is 14.2 Å². The molecular formula is C26H28ClN3O6S2. The molecule has 0 saturated carbocycles. The van der Waals surface area contributed by atoms with Crippen molar-refractivity contribution in [3.63, 3.8) is 0 Å². The van der Waals surface area contributed by atoms with Gasteiger partial charge in [0, 0.05) is 23.8 Å². The molecule has 1 aliphatic heterocycles. The van der Waals surface area contributed by atoms with Crippen LogP contribution in [0.5, 0.6) is 5.75 Å². The molecule has 2 N–H and O–H groups in total. The van der Waals surface area contributed by atoms with E-state index in [2.05, 4.69) is 9.44 Å². The van der Waals surface area contributed by atoms with Gasteiger partial charge in [0.15, 0.2) is 0 Å². The van der Waals surface area contributed by atoms with Gasteiger partial charge in [-0.15, -0.1) is 0 Å². The van der Waals surface area contributed by atoms with E-state index in [1.165, 1.54) is 55.6 Å². The van der Waals surface area contributed by atoms with E-state index in [0.717, 1.165) is 24.8 Å². The monoisotopic (exact) mass is 577 g/mol. The summed E-state index contributed by atoms with van der Waals surface area (Å²) >= 11 is 6.08. The van der Waals surface area contributed by atoms with Gasteiger partial charge in [-0.1, -0.05) is 17.7 Å². The van der Waals surface area contributed by atoms with Crippen LogP contribution in [0.4, 0.5) is 11.4 Å². The minimum Gasteiger partial charge on any atom is -0.496 e. The Labute approximate surface area is 227 Å². The highest BCUT2D eigenvalue weighted by Gasteiger charge is 2.25. The molecule has 3 aromatic carbocycles. The van der Waals surface area contributed by atoms with Crippen molar-refractivity contribution in [3.05, 3.63) is 76.8 Å². The summed E-state index contributed by atoms with van der Waals surface area (Å²) in [6, 6.07) is 14.2. The van der Waals surface area contributed by atoms with Crippen molar-refractivity contribution < 1.29 is 26.4 Å². The van der Waals surface area contributed by atoms with E-state index in [9.17, 15) is 21.6 Å².